The van der Waals surface area contributed by atoms with E-state index in [-0.39, 0.29) is 11.9 Å². The van der Waals surface area contributed by atoms with Crippen molar-refractivity contribution in [1.82, 2.24) is 4.90 Å². The van der Waals surface area contributed by atoms with Crippen LogP contribution in [0.4, 0.5) is 5.69 Å². The molecule has 1 atom stereocenters. The van der Waals surface area contributed by atoms with Crippen LogP contribution in [0.3, 0.4) is 0 Å². The molecule has 19 heavy (non-hydrogen) atoms. The number of nitrogens with one attached hydrogen (secondary N) is 1. The summed E-state index contributed by atoms with van der Waals surface area (Å²) in [5.74, 6) is 0.121. The lowest BCUT2D eigenvalue weighted by atomic mass is 10.1. The number of halogens is 2. The fourth-order valence-electron chi connectivity index (χ4n) is 2.29. The molecule has 0 spiro atoms. The van der Waals surface area contributed by atoms with Gasteiger partial charge in [0, 0.05) is 18.1 Å². The van der Waals surface area contributed by atoms with Crippen LogP contribution in [-0.4, -0.2) is 29.9 Å². The van der Waals surface area contributed by atoms with Crippen LogP contribution in [0, 0.1) is 0 Å². The van der Waals surface area contributed by atoms with Gasteiger partial charge in [-0.15, -0.1) is 0 Å². The van der Waals surface area contributed by atoms with Crippen molar-refractivity contribution in [1.29, 1.82) is 0 Å². The van der Waals surface area contributed by atoms with Crippen molar-refractivity contribution in [3.63, 3.8) is 0 Å². The fraction of sp³-hybridized carbons (Fsp3) is 0.500. The first kappa shape index (κ1) is 14.5. The lowest BCUT2D eigenvalue weighted by Gasteiger charge is -2.29. The molecule has 104 valence electrons. The lowest BCUT2D eigenvalue weighted by molar-refractivity contribution is -0.132. The molecule has 1 aliphatic rings. The molecule has 1 N–H and O–H groups in total. The molecule has 1 amide bonds. The SMILES string of the molecule is CC(Nc1cc(Cl)ccc1Cl)C(=O)N1CCCCC1. The van der Waals surface area contributed by atoms with E-state index < -0.39 is 0 Å². The summed E-state index contributed by atoms with van der Waals surface area (Å²) in [4.78, 5) is 14.2. The van der Waals surface area contributed by atoms with Crippen molar-refractivity contribution in [2.75, 3.05) is 18.4 Å². The highest BCUT2D eigenvalue weighted by Crippen LogP contribution is 2.26. The minimum absolute atomic E-state index is 0.121. The monoisotopic (exact) mass is 300 g/mol. The fourth-order valence-corrected chi connectivity index (χ4v) is 2.64. The van der Waals surface area contributed by atoms with Crippen molar-refractivity contribution in [2.45, 2.75) is 32.2 Å². The standard InChI is InChI=1S/C14H18Cl2N2O/c1-10(14(19)18-7-3-2-4-8-18)17-13-9-11(15)5-6-12(13)16/h5-6,9-10,17H,2-4,7-8H2,1H3. The number of benzene rings is 1. The highest BCUT2D eigenvalue weighted by Gasteiger charge is 2.22. The first-order valence-corrected chi connectivity index (χ1v) is 7.34. The smallest absolute Gasteiger partial charge is 0.244 e. The van der Waals surface area contributed by atoms with Gasteiger partial charge in [0.15, 0.2) is 0 Å². The Morgan fingerprint density at radius 2 is 1.95 bits per heavy atom. The molecular weight excluding hydrogens is 283 g/mol. The maximum absolute atomic E-state index is 12.3. The van der Waals surface area contributed by atoms with Crippen LogP contribution in [0.25, 0.3) is 0 Å². The Hall–Kier alpha value is -0.930. The summed E-state index contributed by atoms with van der Waals surface area (Å²) in [6.07, 6.45) is 3.40. The van der Waals surface area contributed by atoms with Crippen molar-refractivity contribution >= 4 is 34.8 Å². The lowest BCUT2D eigenvalue weighted by Crippen LogP contribution is -2.43. The molecular formula is C14H18Cl2N2O. The number of hydrogen-bond acceptors (Lipinski definition) is 2. The van der Waals surface area contributed by atoms with E-state index in [2.05, 4.69) is 5.32 Å². The van der Waals surface area contributed by atoms with E-state index in [1.165, 1.54) is 6.42 Å². The van der Waals surface area contributed by atoms with E-state index in [1.54, 1.807) is 18.2 Å². The zero-order valence-electron chi connectivity index (χ0n) is 11.0. The number of carbonyl (C=O) groups excluding carboxylic acids is 1. The van der Waals surface area contributed by atoms with Crippen LogP contribution < -0.4 is 5.32 Å². The molecule has 3 nitrogen and oxygen atoms in total. The Morgan fingerprint density at radius 3 is 2.63 bits per heavy atom. The molecule has 1 saturated heterocycles. The van der Waals surface area contributed by atoms with Crippen LogP contribution in [0.15, 0.2) is 18.2 Å². The second kappa shape index (κ2) is 6.49. The molecule has 1 aliphatic heterocycles. The minimum Gasteiger partial charge on any atom is -0.373 e. The Morgan fingerprint density at radius 1 is 1.26 bits per heavy atom. The van der Waals surface area contributed by atoms with Gasteiger partial charge in [-0.3, -0.25) is 4.79 Å². The molecule has 1 aromatic carbocycles. The van der Waals surface area contributed by atoms with E-state index >= 15 is 0 Å². The summed E-state index contributed by atoms with van der Waals surface area (Å²) >= 11 is 12.0. The second-order valence-electron chi connectivity index (χ2n) is 4.88. The third kappa shape index (κ3) is 3.77. The largest absolute Gasteiger partial charge is 0.373 e. The predicted octanol–water partition coefficient (Wildman–Crippen LogP) is 3.81. The second-order valence-corrected chi connectivity index (χ2v) is 5.72. The molecule has 0 radical (unpaired) electrons. The van der Waals surface area contributed by atoms with Crippen LogP contribution >= 0.6 is 23.2 Å². The number of piperidine rings is 1. The Bertz CT molecular complexity index is 459. The van der Waals surface area contributed by atoms with Crippen LogP contribution in [-0.2, 0) is 4.79 Å². The molecule has 1 heterocycles. The number of anilines is 1. The maximum Gasteiger partial charge on any atom is 0.244 e. The van der Waals surface area contributed by atoms with E-state index in [0.717, 1.165) is 25.9 Å². The topological polar surface area (TPSA) is 32.3 Å². The summed E-state index contributed by atoms with van der Waals surface area (Å²) in [6.45, 7) is 3.57. The van der Waals surface area contributed by atoms with Crippen molar-refractivity contribution in [3.05, 3.63) is 28.2 Å². The summed E-state index contributed by atoms with van der Waals surface area (Å²) in [5.41, 5.74) is 0.701. The number of amides is 1. The first-order chi connectivity index (χ1) is 9.08. The van der Waals surface area contributed by atoms with Gasteiger partial charge in [0.1, 0.15) is 6.04 Å². The number of hydrogen-bond donors (Lipinski definition) is 1. The van der Waals surface area contributed by atoms with Gasteiger partial charge in [-0.25, -0.2) is 0 Å². The summed E-state index contributed by atoms with van der Waals surface area (Å²) in [6, 6.07) is 4.90. The average Bonchev–Trinajstić information content (AvgIpc) is 2.43. The normalized spacial score (nSPS) is 17.1. The van der Waals surface area contributed by atoms with E-state index in [0.29, 0.717) is 15.7 Å². The van der Waals surface area contributed by atoms with E-state index in [1.807, 2.05) is 11.8 Å². The molecule has 1 fully saturated rings. The van der Waals surface area contributed by atoms with Gasteiger partial charge in [-0.1, -0.05) is 23.2 Å². The zero-order chi connectivity index (χ0) is 13.8. The van der Waals surface area contributed by atoms with Crippen molar-refractivity contribution in [3.8, 4) is 0 Å². The van der Waals surface area contributed by atoms with Gasteiger partial charge in [0.2, 0.25) is 5.91 Å². The summed E-state index contributed by atoms with van der Waals surface area (Å²) in [5, 5.41) is 4.31. The molecule has 5 heteroatoms. The van der Waals surface area contributed by atoms with Gasteiger partial charge in [-0.2, -0.15) is 0 Å². The van der Waals surface area contributed by atoms with Gasteiger partial charge in [0.05, 0.1) is 10.7 Å². The Labute approximate surface area is 123 Å². The van der Waals surface area contributed by atoms with Gasteiger partial charge < -0.3 is 10.2 Å². The minimum atomic E-state index is -0.297. The Balaban J connectivity index is 2.01. The highest BCUT2D eigenvalue weighted by atomic mass is 35.5. The highest BCUT2D eigenvalue weighted by molar-refractivity contribution is 6.35. The third-order valence-corrected chi connectivity index (χ3v) is 3.90. The van der Waals surface area contributed by atoms with Crippen molar-refractivity contribution < 1.29 is 4.79 Å². The number of carbonyl (C=O) groups is 1. The molecule has 0 bridgehead atoms. The van der Waals surface area contributed by atoms with E-state index in [9.17, 15) is 4.79 Å². The first-order valence-electron chi connectivity index (χ1n) is 6.58. The predicted molar refractivity (Wildman–Crippen MR) is 80.0 cm³/mol. The molecule has 0 aliphatic carbocycles. The quantitative estimate of drug-likeness (QED) is 0.921. The maximum atomic E-state index is 12.3. The summed E-state index contributed by atoms with van der Waals surface area (Å²) < 4.78 is 0. The number of likely N-dealkylation sites (tertiary alicyclic amines) is 1. The molecule has 1 aromatic rings. The van der Waals surface area contributed by atoms with Gasteiger partial charge >= 0.3 is 0 Å². The molecule has 2 rings (SSSR count). The number of rotatable bonds is 3. The van der Waals surface area contributed by atoms with Crippen LogP contribution in [0.2, 0.25) is 10.0 Å². The average molecular weight is 301 g/mol. The molecule has 0 saturated carbocycles. The molecule has 1 unspecified atom stereocenters. The van der Waals surface area contributed by atoms with Crippen LogP contribution in [0.5, 0.6) is 0 Å². The van der Waals surface area contributed by atoms with Gasteiger partial charge in [-0.05, 0) is 44.4 Å². The van der Waals surface area contributed by atoms with E-state index in [4.69, 9.17) is 23.2 Å². The number of nitrogens with zero attached hydrogens (tertiary/aromatic N) is 1. The third-order valence-electron chi connectivity index (χ3n) is 3.34. The van der Waals surface area contributed by atoms with Crippen LogP contribution in [0.1, 0.15) is 26.2 Å². The van der Waals surface area contributed by atoms with Crippen molar-refractivity contribution in [2.24, 2.45) is 0 Å². The summed E-state index contributed by atoms with van der Waals surface area (Å²) in [7, 11) is 0. The zero-order valence-corrected chi connectivity index (χ0v) is 12.5. The Kier molecular flexibility index (Phi) is 4.94. The van der Waals surface area contributed by atoms with Gasteiger partial charge in [0.25, 0.3) is 0 Å². The molecule has 0 aromatic heterocycles.